The predicted molar refractivity (Wildman–Crippen MR) is 81.8 cm³/mol. The zero-order chi connectivity index (χ0) is 16.4. The second-order valence-corrected chi connectivity index (χ2v) is 4.98. The van der Waals surface area contributed by atoms with Crippen LogP contribution >= 0.6 is 0 Å². The Morgan fingerprint density at radius 2 is 1.95 bits per heavy atom. The van der Waals surface area contributed by atoms with Crippen LogP contribution < -0.4 is 10.1 Å². The smallest absolute Gasteiger partial charge is 0.326 e. The number of carbonyl (C=O) groups excluding carboxylic acids is 1. The molecule has 1 aromatic carbocycles. The number of aliphatic hydroxyl groups is 1. The van der Waals surface area contributed by atoms with Gasteiger partial charge in [-0.25, -0.2) is 4.79 Å². The first-order chi connectivity index (χ1) is 10.6. The van der Waals surface area contributed by atoms with E-state index in [2.05, 4.69) is 12.2 Å². The lowest BCUT2D eigenvalue weighted by atomic mass is 10.1. The molecule has 0 heterocycles. The molecule has 0 bridgehead atoms. The first-order valence-corrected chi connectivity index (χ1v) is 7.46. The highest BCUT2D eigenvalue weighted by Crippen LogP contribution is 2.18. The highest BCUT2D eigenvalue weighted by molar-refractivity contribution is 5.98. The maximum Gasteiger partial charge on any atom is 0.326 e. The number of hydrogen-bond donors (Lipinski definition) is 3. The zero-order valence-corrected chi connectivity index (χ0v) is 12.7. The van der Waals surface area contributed by atoms with Gasteiger partial charge in [0.2, 0.25) is 0 Å². The fraction of sp³-hybridized carbons (Fsp3) is 0.500. The van der Waals surface area contributed by atoms with Gasteiger partial charge in [0.15, 0.2) is 6.79 Å². The Morgan fingerprint density at radius 1 is 1.23 bits per heavy atom. The first kappa shape index (κ1) is 18.0. The van der Waals surface area contributed by atoms with Crippen molar-refractivity contribution in [3.05, 3.63) is 29.8 Å². The monoisotopic (exact) mass is 309 g/mol. The third-order valence-electron chi connectivity index (χ3n) is 3.30. The van der Waals surface area contributed by atoms with Crippen molar-refractivity contribution in [3.63, 3.8) is 0 Å². The van der Waals surface area contributed by atoms with Crippen LogP contribution in [0.4, 0.5) is 0 Å². The van der Waals surface area contributed by atoms with Crippen molar-refractivity contribution in [1.82, 2.24) is 5.32 Å². The van der Waals surface area contributed by atoms with Gasteiger partial charge in [0.25, 0.3) is 5.91 Å². The van der Waals surface area contributed by atoms with Gasteiger partial charge < -0.3 is 20.3 Å². The van der Waals surface area contributed by atoms with Crippen LogP contribution in [0.1, 0.15) is 49.4 Å². The Labute approximate surface area is 130 Å². The van der Waals surface area contributed by atoms with Gasteiger partial charge in [-0.3, -0.25) is 4.79 Å². The molecule has 122 valence electrons. The van der Waals surface area contributed by atoms with Crippen LogP contribution in [0.5, 0.6) is 5.75 Å². The normalized spacial score (nSPS) is 11.7. The van der Waals surface area contributed by atoms with E-state index in [4.69, 9.17) is 9.84 Å². The number of hydrogen-bond acceptors (Lipinski definition) is 4. The van der Waals surface area contributed by atoms with Crippen molar-refractivity contribution in [2.45, 2.75) is 45.1 Å². The Morgan fingerprint density at radius 3 is 2.59 bits per heavy atom. The number of carbonyl (C=O) groups is 2. The largest absolute Gasteiger partial charge is 0.480 e. The molecule has 1 unspecified atom stereocenters. The van der Waals surface area contributed by atoms with E-state index in [1.165, 1.54) is 6.07 Å². The summed E-state index contributed by atoms with van der Waals surface area (Å²) in [5.74, 6) is -1.35. The minimum Gasteiger partial charge on any atom is -0.480 e. The molecule has 0 aliphatic carbocycles. The van der Waals surface area contributed by atoms with Gasteiger partial charge in [-0.15, -0.1) is 0 Å². The number of benzene rings is 1. The molecule has 0 fully saturated rings. The van der Waals surface area contributed by atoms with Crippen LogP contribution in [0.3, 0.4) is 0 Å². The van der Waals surface area contributed by atoms with Crippen LogP contribution in [0, 0.1) is 0 Å². The first-order valence-electron chi connectivity index (χ1n) is 7.46. The maximum atomic E-state index is 12.2. The van der Waals surface area contributed by atoms with Crippen molar-refractivity contribution in [1.29, 1.82) is 0 Å². The summed E-state index contributed by atoms with van der Waals surface area (Å²) in [5, 5.41) is 20.5. The molecule has 22 heavy (non-hydrogen) atoms. The number of nitrogens with one attached hydrogen (secondary N) is 1. The number of aliphatic carboxylic acids is 1. The van der Waals surface area contributed by atoms with Crippen molar-refractivity contribution >= 4 is 11.9 Å². The van der Waals surface area contributed by atoms with E-state index in [-0.39, 0.29) is 11.3 Å². The average Bonchev–Trinajstić information content (AvgIpc) is 2.50. The summed E-state index contributed by atoms with van der Waals surface area (Å²) in [6.45, 7) is 1.53. The van der Waals surface area contributed by atoms with Gasteiger partial charge in [-0.2, -0.15) is 0 Å². The number of rotatable bonds is 10. The molecule has 6 nitrogen and oxygen atoms in total. The minimum absolute atomic E-state index is 0.205. The van der Waals surface area contributed by atoms with Crippen LogP contribution in [0.25, 0.3) is 0 Å². The Hall–Kier alpha value is -2.08. The lowest BCUT2D eigenvalue weighted by Gasteiger charge is -2.16. The molecule has 0 aliphatic rings. The van der Waals surface area contributed by atoms with E-state index in [0.717, 1.165) is 25.7 Å². The molecule has 0 aliphatic heterocycles. The van der Waals surface area contributed by atoms with E-state index in [0.29, 0.717) is 6.42 Å². The fourth-order valence-electron chi connectivity index (χ4n) is 2.12. The van der Waals surface area contributed by atoms with Crippen molar-refractivity contribution < 1.29 is 24.5 Å². The van der Waals surface area contributed by atoms with E-state index >= 15 is 0 Å². The number of para-hydroxylation sites is 1. The minimum atomic E-state index is -1.05. The molecule has 6 heteroatoms. The third-order valence-corrected chi connectivity index (χ3v) is 3.30. The third kappa shape index (κ3) is 5.73. The zero-order valence-electron chi connectivity index (χ0n) is 12.7. The molecule has 1 rings (SSSR count). The number of unbranched alkanes of at least 4 members (excludes halogenated alkanes) is 3. The van der Waals surface area contributed by atoms with Gasteiger partial charge in [-0.1, -0.05) is 44.7 Å². The number of amides is 1. The number of carboxylic acid groups (broad SMARTS) is 1. The summed E-state index contributed by atoms with van der Waals surface area (Å²) < 4.78 is 4.96. The second-order valence-electron chi connectivity index (χ2n) is 4.98. The van der Waals surface area contributed by atoms with E-state index in [9.17, 15) is 14.7 Å². The van der Waals surface area contributed by atoms with Crippen LogP contribution in [-0.2, 0) is 4.79 Å². The molecule has 1 aromatic rings. The Kier molecular flexibility index (Phi) is 7.99. The van der Waals surface area contributed by atoms with Crippen LogP contribution in [0.2, 0.25) is 0 Å². The SMILES string of the molecule is CCCCCCC(NC(=O)c1ccccc1OCO)C(=O)O. The predicted octanol–water partition coefficient (Wildman–Crippen LogP) is 2.17. The number of aliphatic hydroxyl groups excluding tert-OH is 1. The van der Waals surface area contributed by atoms with Crippen molar-refractivity contribution in [3.8, 4) is 5.75 Å². The summed E-state index contributed by atoms with van der Waals surface area (Å²) in [6, 6.07) is 5.46. The summed E-state index contributed by atoms with van der Waals surface area (Å²) in [5.41, 5.74) is 0.205. The van der Waals surface area contributed by atoms with E-state index in [1.54, 1.807) is 18.2 Å². The lowest BCUT2D eigenvalue weighted by Crippen LogP contribution is -2.40. The second kappa shape index (κ2) is 9.78. The van der Waals surface area contributed by atoms with Crippen LogP contribution in [-0.4, -0.2) is 34.9 Å². The molecule has 0 radical (unpaired) electrons. The molecule has 1 atom stereocenters. The van der Waals surface area contributed by atoms with Gasteiger partial charge >= 0.3 is 5.97 Å². The number of ether oxygens (including phenoxy) is 1. The average molecular weight is 309 g/mol. The van der Waals surface area contributed by atoms with E-state index in [1.807, 2.05) is 0 Å². The molecule has 1 amide bonds. The lowest BCUT2D eigenvalue weighted by molar-refractivity contribution is -0.139. The summed E-state index contributed by atoms with van der Waals surface area (Å²) >= 11 is 0. The molecule has 3 N–H and O–H groups in total. The topological polar surface area (TPSA) is 95.9 Å². The molecule has 0 saturated carbocycles. The Bertz CT molecular complexity index is 489. The standard InChI is InChI=1S/C16H23NO5/c1-2-3-4-5-9-13(16(20)21)17-15(19)12-8-6-7-10-14(12)22-11-18/h6-8,10,13,18H,2-5,9,11H2,1H3,(H,17,19)(H,20,21). The molecule has 0 aromatic heterocycles. The summed E-state index contributed by atoms with van der Waals surface area (Å²) in [7, 11) is 0. The summed E-state index contributed by atoms with van der Waals surface area (Å²) in [6.07, 6.45) is 4.20. The van der Waals surface area contributed by atoms with Crippen LogP contribution in [0.15, 0.2) is 24.3 Å². The van der Waals surface area contributed by atoms with Gasteiger partial charge in [0.1, 0.15) is 11.8 Å². The molecular formula is C16H23NO5. The summed E-state index contributed by atoms with van der Waals surface area (Å²) in [4.78, 5) is 23.5. The van der Waals surface area contributed by atoms with Gasteiger partial charge in [0, 0.05) is 0 Å². The quantitative estimate of drug-likeness (QED) is 0.455. The fourth-order valence-corrected chi connectivity index (χ4v) is 2.12. The van der Waals surface area contributed by atoms with E-state index < -0.39 is 24.7 Å². The molecule has 0 spiro atoms. The Balaban J connectivity index is 2.68. The van der Waals surface area contributed by atoms with Gasteiger partial charge in [0.05, 0.1) is 5.56 Å². The molecular weight excluding hydrogens is 286 g/mol. The molecule has 0 saturated heterocycles. The number of carboxylic acids is 1. The van der Waals surface area contributed by atoms with Crippen molar-refractivity contribution in [2.24, 2.45) is 0 Å². The highest BCUT2D eigenvalue weighted by Gasteiger charge is 2.21. The van der Waals surface area contributed by atoms with Gasteiger partial charge in [-0.05, 0) is 18.6 Å². The van der Waals surface area contributed by atoms with Crippen molar-refractivity contribution in [2.75, 3.05) is 6.79 Å². The maximum absolute atomic E-state index is 12.2. The highest BCUT2D eigenvalue weighted by atomic mass is 16.6.